The van der Waals surface area contributed by atoms with Crippen molar-refractivity contribution in [1.29, 1.82) is 0 Å². The van der Waals surface area contributed by atoms with Gasteiger partial charge in [0.15, 0.2) is 0 Å². The van der Waals surface area contributed by atoms with Crippen LogP contribution < -0.4 is 11.3 Å². The van der Waals surface area contributed by atoms with Crippen molar-refractivity contribution in [2.45, 2.75) is 44.6 Å². The zero-order valence-corrected chi connectivity index (χ0v) is 11.9. The Kier molecular flexibility index (Phi) is 4.28. The van der Waals surface area contributed by atoms with E-state index >= 15 is 0 Å². The quantitative estimate of drug-likeness (QED) is 0.662. The molecule has 1 aliphatic carbocycles. The zero-order chi connectivity index (χ0) is 13.8. The van der Waals surface area contributed by atoms with Crippen molar-refractivity contribution in [1.82, 2.24) is 10.4 Å². The summed E-state index contributed by atoms with van der Waals surface area (Å²) in [5, 5.41) is 1.20. The second-order valence-electron chi connectivity index (χ2n) is 5.87. The van der Waals surface area contributed by atoms with Crippen molar-refractivity contribution in [2.75, 3.05) is 0 Å². The van der Waals surface area contributed by atoms with Crippen molar-refractivity contribution in [3.63, 3.8) is 0 Å². The highest BCUT2D eigenvalue weighted by molar-refractivity contribution is 5.78. The van der Waals surface area contributed by atoms with Crippen molar-refractivity contribution in [3.05, 3.63) is 42.1 Å². The minimum atomic E-state index is 0.351. The number of aromatic nitrogens is 1. The predicted octanol–water partition coefficient (Wildman–Crippen LogP) is 3.19. The molecule has 0 saturated heterocycles. The number of nitrogens with two attached hydrogens (primary N) is 1. The molecule has 0 bridgehead atoms. The van der Waals surface area contributed by atoms with Crippen LogP contribution in [0.25, 0.3) is 10.9 Å². The number of fused-ring (bicyclic) bond motifs is 1. The summed E-state index contributed by atoms with van der Waals surface area (Å²) in [6.45, 7) is 0. The van der Waals surface area contributed by atoms with Gasteiger partial charge in [-0.05, 0) is 30.9 Å². The molecule has 0 radical (unpaired) electrons. The lowest BCUT2D eigenvalue weighted by molar-refractivity contribution is 0.267. The molecule has 0 aliphatic heterocycles. The van der Waals surface area contributed by atoms with Crippen LogP contribution in [0.2, 0.25) is 0 Å². The summed E-state index contributed by atoms with van der Waals surface area (Å²) in [6.07, 6.45) is 7.57. The highest BCUT2D eigenvalue weighted by Crippen LogP contribution is 2.27. The number of rotatable bonds is 4. The van der Waals surface area contributed by atoms with Gasteiger partial charge in [0.05, 0.1) is 5.52 Å². The zero-order valence-electron chi connectivity index (χ0n) is 11.9. The molecule has 1 unspecified atom stereocenters. The number of nitrogens with zero attached hydrogens (tertiary/aromatic N) is 1. The average Bonchev–Trinajstić information content (AvgIpc) is 2.53. The van der Waals surface area contributed by atoms with E-state index < -0.39 is 0 Å². The van der Waals surface area contributed by atoms with Crippen molar-refractivity contribution < 1.29 is 0 Å². The van der Waals surface area contributed by atoms with E-state index in [1.165, 1.54) is 37.5 Å². The van der Waals surface area contributed by atoms with Gasteiger partial charge in [-0.1, -0.05) is 43.5 Å². The first kappa shape index (κ1) is 13.5. The minimum absolute atomic E-state index is 0.351. The van der Waals surface area contributed by atoms with Crippen molar-refractivity contribution in [2.24, 2.45) is 11.8 Å². The van der Waals surface area contributed by atoms with E-state index in [1.807, 2.05) is 6.07 Å². The van der Waals surface area contributed by atoms with Crippen LogP contribution >= 0.6 is 0 Å². The van der Waals surface area contributed by atoms with Gasteiger partial charge in [-0.2, -0.15) is 0 Å². The Balaban J connectivity index is 1.76. The smallest absolute Gasteiger partial charge is 0.0705 e. The number of pyridine rings is 1. The van der Waals surface area contributed by atoms with E-state index in [0.29, 0.717) is 12.0 Å². The summed E-state index contributed by atoms with van der Waals surface area (Å²) in [7, 11) is 0. The molecule has 0 amide bonds. The van der Waals surface area contributed by atoms with Crippen LogP contribution in [0.3, 0.4) is 0 Å². The summed E-state index contributed by atoms with van der Waals surface area (Å²) < 4.78 is 0. The maximum Gasteiger partial charge on any atom is 0.0705 e. The molecule has 1 aromatic heterocycles. The number of nitrogens with one attached hydrogen (secondary N) is 1. The van der Waals surface area contributed by atoms with E-state index in [0.717, 1.165) is 17.6 Å². The van der Waals surface area contributed by atoms with Crippen LogP contribution in [0.4, 0.5) is 0 Å². The topological polar surface area (TPSA) is 50.9 Å². The largest absolute Gasteiger partial charge is 0.271 e. The molecule has 106 valence electrons. The molecule has 1 aliphatic rings. The van der Waals surface area contributed by atoms with E-state index in [-0.39, 0.29) is 0 Å². The SMILES string of the molecule is NNC(Cc1ccc2ccccc2n1)C1CCCCC1. The molecule has 1 aromatic carbocycles. The van der Waals surface area contributed by atoms with E-state index in [4.69, 9.17) is 10.8 Å². The molecule has 3 N–H and O–H groups in total. The standard InChI is InChI=1S/C17H23N3/c18-20-17(13-6-2-1-3-7-13)12-15-11-10-14-8-4-5-9-16(14)19-15/h4-5,8-11,13,17,20H,1-3,6-7,12,18H2. The fourth-order valence-corrected chi connectivity index (χ4v) is 3.35. The summed E-state index contributed by atoms with van der Waals surface area (Å²) in [5.41, 5.74) is 5.24. The number of para-hydroxylation sites is 1. The van der Waals surface area contributed by atoms with Crippen LogP contribution in [0.1, 0.15) is 37.8 Å². The lowest BCUT2D eigenvalue weighted by Crippen LogP contribution is -2.43. The third-order valence-corrected chi connectivity index (χ3v) is 4.52. The summed E-state index contributed by atoms with van der Waals surface area (Å²) >= 11 is 0. The number of hydrogen-bond acceptors (Lipinski definition) is 3. The molecule has 20 heavy (non-hydrogen) atoms. The highest BCUT2D eigenvalue weighted by atomic mass is 15.2. The monoisotopic (exact) mass is 269 g/mol. The van der Waals surface area contributed by atoms with Gasteiger partial charge in [0.1, 0.15) is 0 Å². The van der Waals surface area contributed by atoms with Crippen molar-refractivity contribution >= 4 is 10.9 Å². The normalized spacial score (nSPS) is 18.2. The summed E-state index contributed by atoms with van der Waals surface area (Å²) in [6, 6.07) is 12.9. The minimum Gasteiger partial charge on any atom is -0.271 e. The predicted molar refractivity (Wildman–Crippen MR) is 83.1 cm³/mol. The second kappa shape index (κ2) is 6.33. The molecular weight excluding hydrogens is 246 g/mol. The highest BCUT2D eigenvalue weighted by Gasteiger charge is 2.23. The Morgan fingerprint density at radius 2 is 1.90 bits per heavy atom. The van der Waals surface area contributed by atoms with E-state index in [1.54, 1.807) is 0 Å². The third kappa shape index (κ3) is 3.00. The molecule has 1 fully saturated rings. The fourth-order valence-electron chi connectivity index (χ4n) is 3.35. The molecule has 0 spiro atoms. The molecule has 1 saturated carbocycles. The van der Waals surface area contributed by atoms with Crippen LogP contribution in [-0.4, -0.2) is 11.0 Å². The van der Waals surface area contributed by atoms with E-state index in [9.17, 15) is 0 Å². The Morgan fingerprint density at radius 1 is 1.10 bits per heavy atom. The van der Waals surface area contributed by atoms with Crippen LogP contribution in [0.15, 0.2) is 36.4 Å². The summed E-state index contributed by atoms with van der Waals surface area (Å²) in [4.78, 5) is 4.76. The Morgan fingerprint density at radius 3 is 2.70 bits per heavy atom. The average molecular weight is 269 g/mol. The lowest BCUT2D eigenvalue weighted by Gasteiger charge is -2.29. The van der Waals surface area contributed by atoms with Gasteiger partial charge in [-0.25, -0.2) is 0 Å². The molecule has 1 atom stereocenters. The molecule has 3 nitrogen and oxygen atoms in total. The van der Waals surface area contributed by atoms with Gasteiger partial charge in [-0.3, -0.25) is 16.3 Å². The summed E-state index contributed by atoms with van der Waals surface area (Å²) in [5.74, 6) is 6.48. The maximum absolute atomic E-state index is 5.79. The van der Waals surface area contributed by atoms with Crippen molar-refractivity contribution in [3.8, 4) is 0 Å². The number of hydrogen-bond donors (Lipinski definition) is 2. The molecular formula is C17H23N3. The Bertz CT molecular complexity index is 561. The van der Waals surface area contributed by atoms with E-state index in [2.05, 4.69) is 35.8 Å². The Hall–Kier alpha value is -1.45. The molecule has 1 heterocycles. The fraction of sp³-hybridized carbons (Fsp3) is 0.471. The lowest BCUT2D eigenvalue weighted by atomic mass is 9.82. The van der Waals surface area contributed by atoms with Gasteiger partial charge < -0.3 is 0 Å². The molecule has 3 rings (SSSR count). The van der Waals surface area contributed by atoms with Gasteiger partial charge in [0, 0.05) is 23.5 Å². The first-order valence-electron chi connectivity index (χ1n) is 7.67. The first-order valence-corrected chi connectivity index (χ1v) is 7.67. The number of benzene rings is 1. The van der Waals surface area contributed by atoms with Crippen LogP contribution in [-0.2, 0) is 6.42 Å². The van der Waals surface area contributed by atoms with Gasteiger partial charge in [0.25, 0.3) is 0 Å². The molecule has 3 heteroatoms. The first-order chi connectivity index (χ1) is 9.86. The van der Waals surface area contributed by atoms with Gasteiger partial charge >= 0.3 is 0 Å². The van der Waals surface area contributed by atoms with Gasteiger partial charge in [-0.15, -0.1) is 0 Å². The number of hydrazine groups is 1. The van der Waals surface area contributed by atoms with Crippen LogP contribution in [0.5, 0.6) is 0 Å². The third-order valence-electron chi connectivity index (χ3n) is 4.52. The van der Waals surface area contributed by atoms with Crippen LogP contribution in [0, 0.1) is 5.92 Å². The maximum atomic E-state index is 5.79. The second-order valence-corrected chi connectivity index (χ2v) is 5.87. The molecule has 2 aromatic rings. The Labute approximate surface area is 120 Å². The van der Waals surface area contributed by atoms with Gasteiger partial charge in [0.2, 0.25) is 0 Å².